The Morgan fingerprint density at radius 1 is 0.644 bits per heavy atom. The molecule has 0 radical (unpaired) electrons. The van der Waals surface area contributed by atoms with Crippen molar-refractivity contribution < 1.29 is 148 Å². The molecule has 4 aromatic heterocycles. The van der Waals surface area contributed by atoms with Crippen LogP contribution in [0.25, 0.3) is 21.8 Å². The zero-order valence-electron chi connectivity index (χ0n) is 54.8. The zero-order valence-corrected chi connectivity index (χ0v) is 58.1. The number of hydroxylamine groups is 4. The van der Waals surface area contributed by atoms with Crippen molar-refractivity contribution in [2.24, 2.45) is 48.1 Å². The number of β-lactam (4-membered cyclic amide) rings is 2. The molecule has 1 unspecified atom stereocenters. The first-order valence-electron chi connectivity index (χ1n) is 29.8. The Balaban J connectivity index is 0.000000245. The third-order valence-corrected chi connectivity index (χ3v) is 17.9. The van der Waals surface area contributed by atoms with Crippen LogP contribution in [0.3, 0.4) is 0 Å². The van der Waals surface area contributed by atoms with Gasteiger partial charge in [-0.2, -0.15) is 62.7 Å². The van der Waals surface area contributed by atoms with E-state index in [1.54, 1.807) is 24.3 Å². The maximum Gasteiger partial charge on any atom is 0.430 e. The highest BCUT2D eigenvalue weighted by Gasteiger charge is 2.59. The van der Waals surface area contributed by atoms with Crippen molar-refractivity contribution in [2.75, 3.05) is 50.9 Å². The minimum Gasteiger partial charge on any atom is -0.542 e. The van der Waals surface area contributed by atoms with Crippen LogP contribution in [0.1, 0.15) is 51.9 Å². The Labute approximate surface area is 590 Å². The number of carboxylic acids is 4. The first-order valence-corrected chi connectivity index (χ1v) is 34.3. The van der Waals surface area contributed by atoms with Gasteiger partial charge < -0.3 is 71.3 Å². The summed E-state index contributed by atoms with van der Waals surface area (Å²) in [4.78, 5) is 112. The predicted octanol–water partition coefficient (Wildman–Crippen LogP) is -1.59. The molecule has 6 aromatic rings. The molecule has 0 spiro atoms. The molecule has 48 heteroatoms. The molecule has 4 fully saturated rings. The lowest BCUT2D eigenvalue weighted by atomic mass is 9.74. The number of nitrogens with two attached hydrogens (primary N) is 2. The van der Waals surface area contributed by atoms with Crippen LogP contribution in [0, 0.1) is 23.7 Å². The highest BCUT2D eigenvalue weighted by Crippen LogP contribution is 2.42. The number of nitrogens with zero attached hydrogens (tertiary/aromatic N) is 10. The molecule has 2 amide bonds. The number of aromatic nitrogens is 6. The largest absolute Gasteiger partial charge is 0.542 e. The van der Waals surface area contributed by atoms with Crippen LogP contribution in [0.5, 0.6) is 11.5 Å². The SMILES string of the molecule is C[n+]1cc2cc(OCC(O/N=C(\C(=O)C[C@@H]3C(=O)N(OS(=O)(=O)O)C3(C)C)c3csc(N)n3)C(=O)O)ccc2n1CC1CNC1.C[n+]1cc2cc(OC[C@H](O/N=C(\C(=O)C[C@@H]3C(=O)N(OS(=O)(=O)O)C3(C)C)c3csc(N)n3)C(=O)O)ccc2n1CC1CNC1.O=C([O-])C(F)(F)F.O=C([O-])C(F)(F)F. The van der Waals surface area contributed by atoms with E-state index in [9.17, 15) is 82.2 Å². The van der Waals surface area contributed by atoms with Crippen LogP contribution in [0.4, 0.5) is 36.6 Å². The van der Waals surface area contributed by atoms with Crippen LogP contribution in [0.2, 0.25) is 0 Å². The number of nitrogen functional groups attached to an aromatic ring is 2. The summed E-state index contributed by atoms with van der Waals surface area (Å²) in [5, 5.41) is 57.0. The number of Topliss-reactive ketones (excluding diaryl/α,β-unsaturated/α-hetero) is 2. The molecular formula is C56H64F6N14O24S4. The minimum atomic E-state index is -5.19. The summed E-state index contributed by atoms with van der Waals surface area (Å²) in [6.07, 6.45) is -10.7. The lowest BCUT2D eigenvalue weighted by Crippen LogP contribution is -2.68. The molecule has 4 aliphatic heterocycles. The molecule has 8 heterocycles. The number of thiazole rings is 2. The van der Waals surface area contributed by atoms with Gasteiger partial charge in [-0.05, 0) is 64.1 Å². The fraction of sp³-hybridized carbons (Fsp3) is 0.464. The molecule has 10 rings (SSSR count). The van der Waals surface area contributed by atoms with Gasteiger partial charge in [0.2, 0.25) is 12.4 Å². The number of benzene rings is 2. The van der Waals surface area contributed by atoms with Gasteiger partial charge in [0.05, 0.1) is 46.8 Å². The number of hydrogen-bond donors (Lipinski definition) is 8. The summed E-state index contributed by atoms with van der Waals surface area (Å²) in [6, 6.07) is 10.8. The number of aliphatic carboxylic acids is 4. The smallest absolute Gasteiger partial charge is 0.430 e. The number of rotatable bonds is 28. The molecule has 0 aliphatic carbocycles. The highest BCUT2D eigenvalue weighted by atomic mass is 32.3. The van der Waals surface area contributed by atoms with Crippen molar-refractivity contribution in [3.8, 4) is 11.5 Å². The van der Waals surface area contributed by atoms with E-state index in [0.717, 1.165) is 83.7 Å². The Hall–Kier alpha value is -9.82. The van der Waals surface area contributed by atoms with Crippen molar-refractivity contribution in [1.82, 2.24) is 40.1 Å². The molecule has 4 saturated heterocycles. The second-order valence-corrected chi connectivity index (χ2v) is 27.9. The number of anilines is 2. The summed E-state index contributed by atoms with van der Waals surface area (Å²) in [6.45, 7) is 10.4. The fourth-order valence-corrected chi connectivity index (χ4v) is 12.1. The number of carboxylic acid groups (broad SMARTS) is 4. The maximum absolute atomic E-state index is 13.3. The number of hydrogen-bond acceptors (Lipinski definition) is 30. The van der Waals surface area contributed by atoms with Crippen LogP contribution < -0.4 is 51.2 Å². The van der Waals surface area contributed by atoms with Crippen molar-refractivity contribution >= 4 is 134 Å². The Morgan fingerprint density at radius 2 is 0.971 bits per heavy atom. The molecule has 2 aromatic carbocycles. The molecule has 104 heavy (non-hydrogen) atoms. The van der Waals surface area contributed by atoms with E-state index in [0.29, 0.717) is 33.5 Å². The Bertz CT molecular complexity index is 4270. The number of carbonyl (C=O) groups is 8. The topological polar surface area (TPSA) is 538 Å². The van der Waals surface area contributed by atoms with E-state index >= 15 is 0 Å². The molecule has 0 saturated carbocycles. The van der Waals surface area contributed by atoms with Crippen LogP contribution in [-0.2, 0) is 105 Å². The number of oxime groups is 2. The first kappa shape index (κ1) is 81.5. The predicted molar refractivity (Wildman–Crippen MR) is 337 cm³/mol. The van der Waals surface area contributed by atoms with E-state index in [1.807, 2.05) is 48.0 Å². The molecule has 4 aliphatic rings. The third-order valence-electron chi connectivity index (χ3n) is 15.8. The number of nitrogens with one attached hydrogen (secondary N) is 2. The number of ether oxygens (including phenoxy) is 2. The summed E-state index contributed by atoms with van der Waals surface area (Å²) in [5.41, 5.74) is 10.0. The molecule has 4 atom stereocenters. The summed E-state index contributed by atoms with van der Waals surface area (Å²) in [7, 11) is -6.08. The zero-order chi connectivity index (χ0) is 77.5. The normalized spacial score (nSPS) is 18.1. The molecule has 38 nitrogen and oxygen atoms in total. The first-order chi connectivity index (χ1) is 48.2. The lowest BCUT2D eigenvalue weighted by molar-refractivity contribution is -0.751. The second-order valence-electron chi connectivity index (χ2n) is 24.1. The summed E-state index contributed by atoms with van der Waals surface area (Å²) >= 11 is 1.99. The number of fused-ring (bicyclic) bond motifs is 2. The summed E-state index contributed by atoms with van der Waals surface area (Å²) < 4.78 is 154. The van der Waals surface area contributed by atoms with Crippen molar-refractivity contribution in [2.45, 2.75) is 89.3 Å². The lowest BCUT2D eigenvalue weighted by Gasteiger charge is -2.50. The molecule has 0 bridgehead atoms. The van der Waals surface area contributed by atoms with Gasteiger partial charge in [0, 0.05) is 61.6 Å². The maximum atomic E-state index is 13.3. The Kier molecular flexibility index (Phi) is 25.4. The van der Waals surface area contributed by atoms with Gasteiger partial charge in [-0.1, -0.05) is 10.3 Å². The minimum absolute atomic E-state index is 0.0105. The fourth-order valence-electron chi connectivity index (χ4n) is 10.1. The average Bonchev–Trinajstić information content (AvgIpc) is 0.976. The highest BCUT2D eigenvalue weighted by molar-refractivity contribution is 7.81. The van der Waals surface area contributed by atoms with Crippen molar-refractivity contribution in [3.05, 3.63) is 70.9 Å². The Morgan fingerprint density at radius 3 is 1.22 bits per heavy atom. The number of carbonyl (C=O) groups excluding carboxylic acids is 6. The van der Waals surface area contributed by atoms with Crippen molar-refractivity contribution in [3.63, 3.8) is 0 Å². The van der Waals surface area contributed by atoms with Crippen LogP contribution >= 0.6 is 22.7 Å². The molecule has 568 valence electrons. The standard InChI is InChI=1S/2C26H31N7O10S2.2C2HF3O2/c2*1-26(2)17(23(35)33(26)43-45(38,39)40)7-20(34)22(18-13-44-25(27)29-18)30-42-21(24(36)37)12-41-16-4-5-19-15(6-16)11-31(3)32(19)10-14-8-28-9-14;2*3-2(4,5)1(6)7/h2*4-6,11,13-14,17,21,28H,7-10,12H2,1-3H3,(H3-,27,29,36,37,38,39,40);2*(H,6,7)/b2*30-22-;;/t17-,21?;17-,21+;;/m11../s1. The van der Waals surface area contributed by atoms with Gasteiger partial charge in [-0.15, -0.1) is 40.6 Å². The quantitative estimate of drug-likeness (QED) is 0.00686. The second kappa shape index (κ2) is 32.5. The van der Waals surface area contributed by atoms with E-state index in [4.69, 9.17) is 59.5 Å². The van der Waals surface area contributed by atoms with Gasteiger partial charge in [0.1, 0.15) is 59.1 Å². The van der Waals surface area contributed by atoms with Gasteiger partial charge in [0.15, 0.2) is 47.3 Å². The van der Waals surface area contributed by atoms with Gasteiger partial charge in [-0.3, -0.25) is 28.3 Å². The van der Waals surface area contributed by atoms with E-state index in [1.165, 1.54) is 38.5 Å². The van der Waals surface area contributed by atoms with Gasteiger partial charge >= 0.3 is 45.1 Å². The van der Waals surface area contributed by atoms with Crippen LogP contribution in [0.15, 0.2) is 69.9 Å². The number of amides is 2. The molecular weight excluding hydrogens is 1490 g/mol. The van der Waals surface area contributed by atoms with E-state index < -0.39 is 153 Å². The number of aryl methyl sites for hydroxylation is 2. The average molecular weight is 1560 g/mol. The molecule has 10 N–H and O–H groups in total. The summed E-state index contributed by atoms with van der Waals surface area (Å²) in [5.74, 6) is -12.4. The van der Waals surface area contributed by atoms with Crippen molar-refractivity contribution in [1.29, 1.82) is 0 Å². The van der Waals surface area contributed by atoms with Gasteiger partial charge in [0.25, 0.3) is 24.0 Å². The number of ketones is 2. The number of alkyl halides is 6. The van der Waals surface area contributed by atoms with Crippen LogP contribution in [-0.4, -0.2) is 199 Å². The van der Waals surface area contributed by atoms with E-state index in [-0.39, 0.29) is 21.7 Å². The number of halogens is 6. The van der Waals surface area contributed by atoms with Gasteiger partial charge in [-0.25, -0.2) is 19.6 Å². The monoisotopic (exact) mass is 1560 g/mol. The third kappa shape index (κ3) is 20.8. The van der Waals surface area contributed by atoms with E-state index in [2.05, 4.69) is 48.8 Å².